The van der Waals surface area contributed by atoms with E-state index in [-0.39, 0.29) is 24.8 Å². The van der Waals surface area contributed by atoms with Gasteiger partial charge >= 0.3 is 12.4 Å². The molecule has 0 spiro atoms. The van der Waals surface area contributed by atoms with Crippen molar-refractivity contribution in [3.8, 4) is 0 Å². The van der Waals surface area contributed by atoms with Crippen molar-refractivity contribution in [2.45, 2.75) is 50.2 Å². The van der Waals surface area contributed by atoms with Gasteiger partial charge in [-0.05, 0) is 55.5 Å². The molecule has 6 nitrogen and oxygen atoms in total. The minimum Gasteiger partial charge on any atom is -0.396 e. The van der Waals surface area contributed by atoms with Crippen molar-refractivity contribution in [2.75, 3.05) is 19.8 Å². The average Bonchev–Trinajstić information content (AvgIpc) is 2.90. The summed E-state index contributed by atoms with van der Waals surface area (Å²) in [6.45, 7) is 1.62. The Labute approximate surface area is 216 Å². The maximum Gasteiger partial charge on any atom is 0.416 e. The van der Waals surface area contributed by atoms with Crippen LogP contribution in [-0.2, 0) is 22.6 Å². The second-order valence-corrected chi connectivity index (χ2v) is 9.52. The van der Waals surface area contributed by atoms with E-state index < -0.39 is 40.5 Å². The van der Waals surface area contributed by atoms with Crippen molar-refractivity contribution in [3.63, 3.8) is 0 Å². The van der Waals surface area contributed by atoms with Crippen LogP contribution in [-0.4, -0.2) is 37.4 Å². The van der Waals surface area contributed by atoms with Gasteiger partial charge in [-0.2, -0.15) is 31.4 Å². The molecule has 4 N–H and O–H groups in total. The highest BCUT2D eigenvalue weighted by Gasteiger charge is 2.44. The summed E-state index contributed by atoms with van der Waals surface area (Å²) in [5, 5.41) is 20.9. The summed E-state index contributed by atoms with van der Waals surface area (Å²) in [5.74, 6) is 0. The first kappa shape index (κ1) is 29.6. The van der Waals surface area contributed by atoms with Crippen LogP contribution < -0.4 is 11.1 Å². The maximum absolute atomic E-state index is 13.3. The van der Waals surface area contributed by atoms with Crippen molar-refractivity contribution in [3.05, 3.63) is 70.8 Å². The van der Waals surface area contributed by atoms with E-state index in [2.05, 4.69) is 15.5 Å². The van der Waals surface area contributed by atoms with Crippen LogP contribution in [0.1, 0.15) is 54.5 Å². The summed E-state index contributed by atoms with van der Waals surface area (Å²) >= 11 is 0. The zero-order valence-electron chi connectivity index (χ0n) is 20.7. The topological polar surface area (TPSA) is 92.2 Å². The first-order valence-corrected chi connectivity index (χ1v) is 11.9. The van der Waals surface area contributed by atoms with E-state index >= 15 is 0 Å². The molecule has 1 saturated heterocycles. The van der Waals surface area contributed by atoms with Gasteiger partial charge in [0, 0.05) is 18.2 Å². The Morgan fingerprint density at radius 2 is 1.66 bits per heavy atom. The number of halogens is 6. The number of piperidine rings is 1. The van der Waals surface area contributed by atoms with Gasteiger partial charge in [-0.3, -0.25) is 0 Å². The molecule has 2 aromatic rings. The van der Waals surface area contributed by atoms with Crippen LogP contribution in [0.15, 0.2) is 58.7 Å². The third-order valence-electron chi connectivity index (χ3n) is 6.94. The van der Waals surface area contributed by atoms with Crippen molar-refractivity contribution < 1.29 is 36.2 Å². The molecule has 0 aliphatic carbocycles. The molecule has 0 bridgehead atoms. The highest BCUT2D eigenvalue weighted by atomic mass is 19.4. The van der Waals surface area contributed by atoms with Gasteiger partial charge in [0.15, 0.2) is 0 Å². The number of benzene rings is 2. The van der Waals surface area contributed by atoms with E-state index in [0.717, 1.165) is 11.9 Å². The monoisotopic (exact) mass is 544 g/mol. The van der Waals surface area contributed by atoms with Gasteiger partial charge in [0.25, 0.3) is 0 Å². The Balaban J connectivity index is 1.85. The third kappa shape index (κ3) is 7.12. The smallest absolute Gasteiger partial charge is 0.396 e. The number of alkyl halides is 6. The Morgan fingerprint density at radius 3 is 2.16 bits per heavy atom. The third-order valence-corrected chi connectivity index (χ3v) is 6.94. The van der Waals surface area contributed by atoms with Crippen LogP contribution in [0.3, 0.4) is 0 Å². The van der Waals surface area contributed by atoms with Gasteiger partial charge in [0.05, 0.1) is 36.0 Å². The molecule has 0 unspecified atom stereocenters. The fourth-order valence-corrected chi connectivity index (χ4v) is 4.49. The number of rotatable bonds is 9. The van der Waals surface area contributed by atoms with E-state index in [1.165, 1.54) is 6.92 Å². The SMILES string of the molecule is C[C@@H](OC[C@@]1(c2ccccc2)CC[C@@](CO)(C/C=N\N=C/N)CN1)c1cc(C(F)(F)F)cc(C(F)(F)F)c1. The molecule has 0 amide bonds. The van der Waals surface area contributed by atoms with Crippen LogP contribution in [0.2, 0.25) is 0 Å². The van der Waals surface area contributed by atoms with E-state index in [9.17, 15) is 31.4 Å². The summed E-state index contributed by atoms with van der Waals surface area (Å²) < 4.78 is 86.0. The fourth-order valence-electron chi connectivity index (χ4n) is 4.49. The number of aliphatic hydroxyl groups excluding tert-OH is 1. The van der Waals surface area contributed by atoms with E-state index in [1.807, 2.05) is 30.3 Å². The molecule has 1 heterocycles. The molecule has 3 rings (SSSR count). The molecule has 3 atom stereocenters. The van der Waals surface area contributed by atoms with Gasteiger partial charge in [-0.15, -0.1) is 5.10 Å². The molecule has 1 aliphatic heterocycles. The Bertz CT molecular complexity index is 1080. The van der Waals surface area contributed by atoms with Crippen molar-refractivity contribution in [1.82, 2.24) is 5.32 Å². The number of nitrogens with zero attached hydrogens (tertiary/aromatic N) is 2. The van der Waals surface area contributed by atoms with Gasteiger partial charge in [-0.25, -0.2) is 0 Å². The number of ether oxygens (including phenoxy) is 1. The number of nitrogens with two attached hydrogens (primary N) is 1. The molecule has 12 heteroatoms. The summed E-state index contributed by atoms with van der Waals surface area (Å²) in [6, 6.07) is 10.7. The van der Waals surface area contributed by atoms with Gasteiger partial charge in [-0.1, -0.05) is 30.3 Å². The first-order chi connectivity index (χ1) is 17.8. The van der Waals surface area contributed by atoms with Crippen LogP contribution in [0.5, 0.6) is 0 Å². The molecule has 0 radical (unpaired) electrons. The largest absolute Gasteiger partial charge is 0.416 e. The molecule has 2 aromatic carbocycles. The lowest BCUT2D eigenvalue weighted by Crippen LogP contribution is -2.56. The molecule has 208 valence electrons. The van der Waals surface area contributed by atoms with Crippen LogP contribution in [0.4, 0.5) is 26.3 Å². The van der Waals surface area contributed by atoms with Crippen LogP contribution in [0.25, 0.3) is 0 Å². The number of aliphatic hydroxyl groups is 1. The molecule has 1 fully saturated rings. The molecule has 1 aliphatic rings. The highest BCUT2D eigenvalue weighted by molar-refractivity contribution is 5.60. The summed E-state index contributed by atoms with van der Waals surface area (Å²) in [7, 11) is 0. The summed E-state index contributed by atoms with van der Waals surface area (Å²) in [6.07, 6.45) is -6.91. The fraction of sp³-hybridized carbons (Fsp3) is 0.462. The van der Waals surface area contributed by atoms with E-state index in [1.54, 1.807) is 6.21 Å². The van der Waals surface area contributed by atoms with Gasteiger partial charge < -0.3 is 20.9 Å². The minimum atomic E-state index is -4.95. The zero-order valence-corrected chi connectivity index (χ0v) is 20.7. The normalized spacial score (nSPS) is 23.8. The van der Waals surface area contributed by atoms with Gasteiger partial charge in [0.2, 0.25) is 0 Å². The second-order valence-electron chi connectivity index (χ2n) is 9.52. The Morgan fingerprint density at radius 1 is 1.03 bits per heavy atom. The van der Waals surface area contributed by atoms with Crippen molar-refractivity contribution >= 4 is 12.6 Å². The average molecular weight is 545 g/mol. The van der Waals surface area contributed by atoms with Crippen LogP contribution in [0, 0.1) is 5.41 Å². The lowest BCUT2D eigenvalue weighted by Gasteiger charge is -2.47. The standard InChI is InChI=1S/C26H30F6N4O2/c1-18(19-11-21(25(27,28)29)13-22(12-19)26(30,31)32)38-16-24(20-5-3-2-4-6-20)8-7-23(15-37,14-34-24)9-10-35-36-17-33/h2-6,10-13,17-18,34,37H,7-9,14-16H2,1H3,(H2,33,36)/b35-10-/t18-,23-,24-/m1/s1. The summed E-state index contributed by atoms with van der Waals surface area (Å²) in [4.78, 5) is 0. The lowest BCUT2D eigenvalue weighted by atomic mass is 9.71. The molecular formula is C26H30F6N4O2. The molecular weight excluding hydrogens is 514 g/mol. The summed E-state index contributed by atoms with van der Waals surface area (Å²) in [5.41, 5.74) is 1.70. The number of nitrogens with one attached hydrogen (secondary N) is 1. The second kappa shape index (κ2) is 11.8. The number of hydrogen-bond acceptors (Lipinski definition) is 5. The van der Waals surface area contributed by atoms with Crippen LogP contribution >= 0.6 is 0 Å². The quantitative estimate of drug-likeness (QED) is 0.170. The predicted molar refractivity (Wildman–Crippen MR) is 131 cm³/mol. The first-order valence-electron chi connectivity index (χ1n) is 11.9. The minimum absolute atomic E-state index is 0.0250. The van der Waals surface area contributed by atoms with E-state index in [4.69, 9.17) is 10.5 Å². The maximum atomic E-state index is 13.3. The van der Waals surface area contributed by atoms with E-state index in [0.29, 0.717) is 37.9 Å². The lowest BCUT2D eigenvalue weighted by molar-refractivity contribution is -0.143. The molecule has 38 heavy (non-hydrogen) atoms. The molecule has 0 aromatic heterocycles. The van der Waals surface area contributed by atoms with Crippen molar-refractivity contribution in [2.24, 2.45) is 21.4 Å². The highest BCUT2D eigenvalue weighted by Crippen LogP contribution is 2.42. The Hall–Kier alpha value is -2.96. The van der Waals surface area contributed by atoms with Crippen molar-refractivity contribution in [1.29, 1.82) is 0 Å². The Kier molecular flexibility index (Phi) is 9.21. The molecule has 0 saturated carbocycles. The zero-order chi connectivity index (χ0) is 28.0. The number of hydrogen-bond donors (Lipinski definition) is 3. The predicted octanol–water partition coefficient (Wildman–Crippen LogP) is 5.42. The van der Waals surface area contributed by atoms with Gasteiger partial charge in [0.1, 0.15) is 6.34 Å².